The first kappa shape index (κ1) is 20.4. The maximum absolute atomic E-state index is 12.1. The Balaban J connectivity index is 1.27. The van der Waals surface area contributed by atoms with E-state index in [0.29, 0.717) is 30.2 Å². The van der Waals surface area contributed by atoms with Gasteiger partial charge < -0.3 is 13.7 Å². The number of rotatable bonds is 9. The van der Waals surface area contributed by atoms with Gasteiger partial charge in [0, 0.05) is 13.1 Å². The van der Waals surface area contributed by atoms with Gasteiger partial charge in [-0.25, -0.2) is 4.79 Å². The zero-order valence-electron chi connectivity index (χ0n) is 16.3. The maximum atomic E-state index is 12.1. The molecular weight excluding hydrogens is 424 g/mol. The van der Waals surface area contributed by atoms with Crippen molar-refractivity contribution in [3.63, 3.8) is 0 Å². The minimum absolute atomic E-state index is 0.150. The van der Waals surface area contributed by atoms with Crippen molar-refractivity contribution in [1.82, 2.24) is 19.3 Å². The van der Waals surface area contributed by atoms with Crippen molar-refractivity contribution in [3.8, 4) is 10.7 Å². The Kier molecular flexibility index (Phi) is 6.34. The van der Waals surface area contributed by atoms with Crippen LogP contribution in [0.15, 0.2) is 56.1 Å². The molecule has 4 rings (SSSR count). The third kappa shape index (κ3) is 4.34. The van der Waals surface area contributed by atoms with Crippen LogP contribution in [0, 0.1) is 0 Å². The molecule has 1 aromatic carbocycles. The molecule has 3 heterocycles. The molecule has 0 spiro atoms. The Morgan fingerprint density at radius 3 is 2.87 bits per heavy atom. The van der Waals surface area contributed by atoms with Crippen LogP contribution in [0.1, 0.15) is 13.3 Å². The molecule has 0 saturated carbocycles. The van der Waals surface area contributed by atoms with Crippen molar-refractivity contribution in [2.45, 2.75) is 31.6 Å². The molecule has 0 N–H and O–H groups in total. The lowest BCUT2D eigenvalue weighted by molar-refractivity contribution is -0.140. The number of oxazole rings is 1. The lowest BCUT2D eigenvalue weighted by Gasteiger charge is -2.07. The number of carbonyl (C=O) groups is 1. The monoisotopic (exact) mass is 444 g/mol. The van der Waals surface area contributed by atoms with Crippen LogP contribution in [0.3, 0.4) is 0 Å². The van der Waals surface area contributed by atoms with Crippen molar-refractivity contribution in [2.24, 2.45) is 0 Å². The minimum Gasteiger partial charge on any atom is -0.465 e. The number of thiophene rings is 1. The van der Waals surface area contributed by atoms with Gasteiger partial charge >= 0.3 is 11.7 Å². The number of benzene rings is 1. The van der Waals surface area contributed by atoms with Gasteiger partial charge in [0.05, 0.1) is 22.8 Å². The number of hydrogen-bond acceptors (Lipinski definition) is 8. The Bertz CT molecular complexity index is 1190. The summed E-state index contributed by atoms with van der Waals surface area (Å²) in [4.78, 5) is 25.1. The van der Waals surface area contributed by atoms with E-state index in [2.05, 4.69) is 10.2 Å². The van der Waals surface area contributed by atoms with Gasteiger partial charge in [-0.2, -0.15) is 0 Å². The number of aromatic nitrogens is 4. The molecule has 0 fully saturated rings. The average molecular weight is 445 g/mol. The molecule has 0 unspecified atom stereocenters. The highest BCUT2D eigenvalue weighted by atomic mass is 32.2. The zero-order chi connectivity index (χ0) is 20.9. The first-order chi connectivity index (χ1) is 14.7. The second kappa shape index (κ2) is 9.31. The largest absolute Gasteiger partial charge is 0.465 e. The second-order valence-electron chi connectivity index (χ2n) is 6.38. The van der Waals surface area contributed by atoms with E-state index in [0.717, 1.165) is 16.2 Å². The molecule has 30 heavy (non-hydrogen) atoms. The molecule has 0 amide bonds. The summed E-state index contributed by atoms with van der Waals surface area (Å²) in [5.41, 5.74) is 1.29. The van der Waals surface area contributed by atoms with Gasteiger partial charge in [0.2, 0.25) is 0 Å². The van der Waals surface area contributed by atoms with Gasteiger partial charge in [0.25, 0.3) is 0 Å². The molecule has 0 bridgehead atoms. The highest BCUT2D eigenvalue weighted by molar-refractivity contribution is 7.99. The Morgan fingerprint density at radius 2 is 2.07 bits per heavy atom. The van der Waals surface area contributed by atoms with Crippen LogP contribution in [0.5, 0.6) is 0 Å². The average Bonchev–Trinajstić information content (AvgIpc) is 3.47. The van der Waals surface area contributed by atoms with E-state index >= 15 is 0 Å². The molecule has 0 aliphatic rings. The van der Waals surface area contributed by atoms with Gasteiger partial charge in [0.1, 0.15) is 0 Å². The van der Waals surface area contributed by atoms with Crippen LogP contribution < -0.4 is 5.76 Å². The zero-order valence-corrected chi connectivity index (χ0v) is 17.9. The summed E-state index contributed by atoms with van der Waals surface area (Å²) in [5, 5.41) is 11.1. The molecular formula is C20H20N4O4S2. The SMILES string of the molecule is CCn1c(SCC(=O)OCCCn2c(=O)oc3ccccc32)nnc1-c1cccs1. The van der Waals surface area contributed by atoms with Gasteiger partial charge in [-0.05, 0) is 36.9 Å². The van der Waals surface area contributed by atoms with E-state index in [1.54, 1.807) is 22.0 Å². The van der Waals surface area contributed by atoms with Crippen LogP contribution in [0.4, 0.5) is 0 Å². The molecule has 10 heteroatoms. The normalized spacial score (nSPS) is 11.2. The van der Waals surface area contributed by atoms with Crippen LogP contribution in [-0.2, 0) is 22.6 Å². The smallest absolute Gasteiger partial charge is 0.419 e. The molecule has 3 aromatic heterocycles. The number of esters is 1. The lowest BCUT2D eigenvalue weighted by atomic mass is 10.3. The third-order valence-electron chi connectivity index (χ3n) is 4.46. The number of aryl methyl sites for hydroxylation is 1. The summed E-state index contributed by atoms with van der Waals surface area (Å²) in [6.07, 6.45) is 0.521. The first-order valence-electron chi connectivity index (χ1n) is 9.51. The lowest BCUT2D eigenvalue weighted by Crippen LogP contribution is -2.16. The molecule has 0 aliphatic carbocycles. The summed E-state index contributed by atoms with van der Waals surface area (Å²) >= 11 is 2.91. The van der Waals surface area contributed by atoms with E-state index < -0.39 is 5.76 Å². The first-order valence-corrected chi connectivity index (χ1v) is 11.4. The van der Waals surface area contributed by atoms with Crippen molar-refractivity contribution in [1.29, 1.82) is 0 Å². The minimum atomic E-state index is -0.404. The Morgan fingerprint density at radius 1 is 1.20 bits per heavy atom. The number of carbonyl (C=O) groups excluding carboxylic acids is 1. The Hall–Kier alpha value is -2.85. The number of ether oxygens (including phenoxy) is 1. The van der Waals surface area contributed by atoms with E-state index in [1.165, 1.54) is 11.8 Å². The van der Waals surface area contributed by atoms with E-state index in [-0.39, 0.29) is 18.3 Å². The third-order valence-corrected chi connectivity index (χ3v) is 6.26. The van der Waals surface area contributed by atoms with Crippen molar-refractivity contribution in [2.75, 3.05) is 12.4 Å². The molecule has 4 aromatic rings. The van der Waals surface area contributed by atoms with E-state index in [9.17, 15) is 9.59 Å². The van der Waals surface area contributed by atoms with E-state index in [4.69, 9.17) is 9.15 Å². The Labute approximate surface area is 180 Å². The number of thioether (sulfide) groups is 1. The summed E-state index contributed by atoms with van der Waals surface area (Å²) in [5.74, 6) is 0.226. The van der Waals surface area contributed by atoms with Gasteiger partial charge in [-0.1, -0.05) is 30.0 Å². The molecule has 0 radical (unpaired) electrons. The fourth-order valence-electron chi connectivity index (χ4n) is 3.07. The predicted molar refractivity (Wildman–Crippen MR) is 116 cm³/mol. The number of nitrogens with zero attached hydrogens (tertiary/aromatic N) is 4. The van der Waals surface area contributed by atoms with Crippen molar-refractivity contribution in [3.05, 3.63) is 52.3 Å². The van der Waals surface area contributed by atoms with Crippen LogP contribution in [0.25, 0.3) is 21.8 Å². The van der Waals surface area contributed by atoms with Gasteiger partial charge in [0.15, 0.2) is 16.6 Å². The molecule has 0 saturated heterocycles. The molecule has 0 atom stereocenters. The fraction of sp³-hybridized carbons (Fsp3) is 0.300. The molecule has 0 aliphatic heterocycles. The molecule has 156 valence electrons. The highest BCUT2D eigenvalue weighted by Crippen LogP contribution is 2.27. The van der Waals surface area contributed by atoms with Crippen LogP contribution in [0.2, 0.25) is 0 Å². The summed E-state index contributed by atoms with van der Waals surface area (Å²) in [7, 11) is 0. The number of hydrogen-bond donors (Lipinski definition) is 0. The highest BCUT2D eigenvalue weighted by Gasteiger charge is 2.15. The van der Waals surface area contributed by atoms with E-state index in [1.807, 2.05) is 47.2 Å². The summed E-state index contributed by atoms with van der Waals surface area (Å²) < 4.78 is 14.0. The standard InChI is InChI=1S/C20H20N4O4S2/c1-2-23-18(16-9-5-12-29-16)21-22-19(23)30-13-17(25)27-11-6-10-24-14-7-3-4-8-15(14)28-20(24)26/h3-5,7-9,12H,2,6,10-11,13H2,1H3. The number of fused-ring (bicyclic) bond motifs is 1. The summed E-state index contributed by atoms with van der Waals surface area (Å²) in [6.45, 7) is 3.38. The van der Waals surface area contributed by atoms with Gasteiger partial charge in [-0.3, -0.25) is 9.36 Å². The van der Waals surface area contributed by atoms with Crippen LogP contribution in [-0.4, -0.2) is 37.7 Å². The molecule has 8 nitrogen and oxygen atoms in total. The second-order valence-corrected chi connectivity index (χ2v) is 8.27. The van der Waals surface area contributed by atoms with Gasteiger partial charge in [-0.15, -0.1) is 21.5 Å². The quantitative estimate of drug-likeness (QED) is 0.221. The van der Waals surface area contributed by atoms with Crippen LogP contribution >= 0.6 is 23.1 Å². The van der Waals surface area contributed by atoms with Crippen molar-refractivity contribution < 1.29 is 13.9 Å². The fourth-order valence-corrected chi connectivity index (χ4v) is 4.59. The van der Waals surface area contributed by atoms with Crippen molar-refractivity contribution >= 4 is 40.2 Å². The maximum Gasteiger partial charge on any atom is 0.419 e. The summed E-state index contributed by atoms with van der Waals surface area (Å²) in [6, 6.07) is 11.2. The topological polar surface area (TPSA) is 92.2 Å². The predicted octanol–water partition coefficient (Wildman–Crippen LogP) is 3.66. The number of para-hydroxylation sites is 2.